The van der Waals surface area contributed by atoms with E-state index in [4.69, 9.17) is 0 Å². The highest BCUT2D eigenvalue weighted by molar-refractivity contribution is 5.84. The number of aliphatic imine (C=N–C) groups is 1. The maximum Gasteiger partial charge on any atom is 0.387 e. The summed E-state index contributed by atoms with van der Waals surface area (Å²) in [6, 6.07) is 2.33. The van der Waals surface area contributed by atoms with Crippen molar-refractivity contribution in [1.82, 2.24) is 0 Å². The summed E-state index contributed by atoms with van der Waals surface area (Å²) >= 11 is 0. The van der Waals surface area contributed by atoms with Gasteiger partial charge in [0, 0.05) is 11.8 Å². The van der Waals surface area contributed by atoms with Crippen LogP contribution in [0.15, 0.2) is 17.1 Å². The highest BCUT2D eigenvalue weighted by Gasteiger charge is 2.12. The molecule has 0 bridgehead atoms. The van der Waals surface area contributed by atoms with Crippen molar-refractivity contribution in [3.8, 4) is 5.75 Å². The van der Waals surface area contributed by atoms with Crippen LogP contribution in [0, 0.1) is 12.7 Å². The Morgan fingerprint density at radius 3 is 2.59 bits per heavy atom. The van der Waals surface area contributed by atoms with E-state index in [9.17, 15) is 13.2 Å². The Morgan fingerprint density at radius 1 is 1.41 bits per heavy atom. The zero-order valence-corrected chi connectivity index (χ0v) is 9.93. The number of ether oxygens (including phenoxy) is 1. The minimum absolute atomic E-state index is 0.434. The quantitative estimate of drug-likeness (QED) is 0.727. The summed E-state index contributed by atoms with van der Waals surface area (Å²) in [5.41, 5.74) is 1.87. The van der Waals surface area contributed by atoms with Crippen LogP contribution in [0.25, 0.3) is 0 Å². The molecule has 94 valence electrons. The van der Waals surface area contributed by atoms with Gasteiger partial charge in [-0.2, -0.15) is 8.78 Å². The van der Waals surface area contributed by atoms with E-state index in [1.165, 1.54) is 6.07 Å². The number of hydrogen-bond donors (Lipinski definition) is 0. The highest BCUT2D eigenvalue weighted by Crippen LogP contribution is 2.28. The van der Waals surface area contributed by atoms with Crippen molar-refractivity contribution in [2.45, 2.75) is 33.8 Å². The molecule has 0 aliphatic heterocycles. The van der Waals surface area contributed by atoms with E-state index >= 15 is 0 Å². The van der Waals surface area contributed by atoms with E-state index in [0.717, 1.165) is 18.2 Å². The second kappa shape index (κ2) is 5.70. The third kappa shape index (κ3) is 3.76. The third-order valence-corrected chi connectivity index (χ3v) is 2.29. The molecule has 1 rings (SSSR count). The molecule has 17 heavy (non-hydrogen) atoms. The molecule has 0 amide bonds. The molecule has 0 aromatic heterocycles. The summed E-state index contributed by atoms with van der Waals surface area (Å²) in [6.45, 7) is 2.38. The molecule has 0 fully saturated rings. The number of aryl methyl sites for hydroxylation is 1. The van der Waals surface area contributed by atoms with Crippen LogP contribution in [0.1, 0.15) is 25.8 Å². The molecule has 0 spiro atoms. The van der Waals surface area contributed by atoms with E-state index in [0.29, 0.717) is 11.3 Å². The predicted octanol–water partition coefficient (Wildman–Crippen LogP) is 4.24. The molecule has 2 nitrogen and oxygen atoms in total. The van der Waals surface area contributed by atoms with Crippen molar-refractivity contribution >= 4 is 11.4 Å². The molecule has 0 unspecified atom stereocenters. The summed E-state index contributed by atoms with van der Waals surface area (Å²) in [6.07, 6.45) is 0.746. The van der Waals surface area contributed by atoms with Gasteiger partial charge in [-0.3, -0.25) is 4.99 Å². The van der Waals surface area contributed by atoms with Crippen molar-refractivity contribution in [2.24, 2.45) is 4.99 Å². The van der Waals surface area contributed by atoms with E-state index in [2.05, 4.69) is 9.73 Å². The monoisotopic (exact) mass is 245 g/mol. The molecule has 0 saturated carbocycles. The second-order valence-electron chi connectivity index (χ2n) is 3.65. The number of hydrogen-bond acceptors (Lipinski definition) is 2. The smallest absolute Gasteiger partial charge is 0.387 e. The molecular formula is C12H14F3NO. The van der Waals surface area contributed by atoms with Gasteiger partial charge in [-0.05, 0) is 31.9 Å². The van der Waals surface area contributed by atoms with Crippen molar-refractivity contribution < 1.29 is 17.9 Å². The normalized spacial score (nSPS) is 12.1. The Morgan fingerprint density at radius 2 is 2.06 bits per heavy atom. The minimum Gasteiger partial charge on any atom is -0.432 e. The molecule has 0 aliphatic rings. The van der Waals surface area contributed by atoms with Crippen LogP contribution in [0.3, 0.4) is 0 Å². The fourth-order valence-corrected chi connectivity index (χ4v) is 1.24. The first-order valence-corrected chi connectivity index (χ1v) is 5.23. The SMILES string of the molecule is CCC(C)=Nc1cc(F)c(OC(F)F)cc1C. The first kappa shape index (κ1) is 13.5. The first-order chi connectivity index (χ1) is 7.93. The van der Waals surface area contributed by atoms with Gasteiger partial charge in [-0.15, -0.1) is 0 Å². The number of halogens is 3. The van der Waals surface area contributed by atoms with Gasteiger partial charge in [-0.1, -0.05) is 6.92 Å². The second-order valence-corrected chi connectivity index (χ2v) is 3.65. The lowest BCUT2D eigenvalue weighted by Gasteiger charge is -2.09. The van der Waals surface area contributed by atoms with Gasteiger partial charge in [0.2, 0.25) is 0 Å². The van der Waals surface area contributed by atoms with Crippen molar-refractivity contribution in [3.63, 3.8) is 0 Å². The van der Waals surface area contributed by atoms with E-state index in [1.807, 2.05) is 13.8 Å². The summed E-state index contributed by atoms with van der Waals surface area (Å²) in [5, 5.41) is 0. The van der Waals surface area contributed by atoms with Gasteiger partial charge in [0.25, 0.3) is 0 Å². The Balaban J connectivity index is 3.09. The first-order valence-electron chi connectivity index (χ1n) is 5.23. The Hall–Kier alpha value is -1.52. The zero-order chi connectivity index (χ0) is 13.0. The minimum atomic E-state index is -3.03. The van der Waals surface area contributed by atoms with Crippen LogP contribution in [-0.2, 0) is 0 Å². The largest absolute Gasteiger partial charge is 0.432 e. The lowest BCUT2D eigenvalue weighted by Crippen LogP contribution is -2.04. The lowest BCUT2D eigenvalue weighted by atomic mass is 10.2. The summed E-state index contributed by atoms with van der Waals surface area (Å²) in [5.74, 6) is -1.29. The van der Waals surface area contributed by atoms with E-state index < -0.39 is 18.2 Å². The number of nitrogens with zero attached hydrogens (tertiary/aromatic N) is 1. The van der Waals surface area contributed by atoms with Gasteiger partial charge >= 0.3 is 6.61 Å². The number of benzene rings is 1. The summed E-state index contributed by atoms with van der Waals surface area (Å²) < 4.78 is 41.4. The molecule has 0 heterocycles. The lowest BCUT2D eigenvalue weighted by molar-refractivity contribution is -0.0522. The average molecular weight is 245 g/mol. The van der Waals surface area contributed by atoms with Gasteiger partial charge < -0.3 is 4.74 Å². The Kier molecular flexibility index (Phi) is 4.54. The van der Waals surface area contributed by atoms with Crippen LogP contribution in [0.2, 0.25) is 0 Å². The van der Waals surface area contributed by atoms with Crippen LogP contribution in [0.5, 0.6) is 5.75 Å². The van der Waals surface area contributed by atoms with Crippen molar-refractivity contribution in [3.05, 3.63) is 23.5 Å². The van der Waals surface area contributed by atoms with Crippen LogP contribution in [-0.4, -0.2) is 12.3 Å². The van der Waals surface area contributed by atoms with Crippen LogP contribution in [0.4, 0.5) is 18.9 Å². The third-order valence-electron chi connectivity index (χ3n) is 2.29. The van der Waals surface area contributed by atoms with Crippen LogP contribution >= 0.6 is 0 Å². The highest BCUT2D eigenvalue weighted by atomic mass is 19.3. The summed E-state index contributed by atoms with van der Waals surface area (Å²) in [7, 11) is 0. The van der Waals surface area contributed by atoms with Crippen LogP contribution < -0.4 is 4.74 Å². The molecule has 0 N–H and O–H groups in total. The molecule has 0 aliphatic carbocycles. The molecule has 0 atom stereocenters. The van der Waals surface area contributed by atoms with Crippen molar-refractivity contribution in [1.29, 1.82) is 0 Å². The molecule has 0 saturated heterocycles. The predicted molar refractivity (Wildman–Crippen MR) is 60.8 cm³/mol. The molecule has 1 aromatic carbocycles. The average Bonchev–Trinajstić information content (AvgIpc) is 2.24. The van der Waals surface area contributed by atoms with Gasteiger partial charge in [0.05, 0.1) is 5.69 Å². The molecule has 0 radical (unpaired) electrons. The fraction of sp³-hybridized carbons (Fsp3) is 0.417. The maximum atomic E-state index is 13.4. The van der Waals surface area contributed by atoms with E-state index in [1.54, 1.807) is 6.92 Å². The number of alkyl halides is 2. The maximum absolute atomic E-state index is 13.4. The number of rotatable bonds is 4. The zero-order valence-electron chi connectivity index (χ0n) is 9.93. The Bertz CT molecular complexity index is 430. The topological polar surface area (TPSA) is 21.6 Å². The standard InChI is InChI=1S/C12H14F3NO/c1-4-8(3)16-10-6-9(13)11(5-7(10)2)17-12(14)15/h5-6,12H,4H2,1-3H3. The van der Waals surface area contributed by atoms with E-state index in [-0.39, 0.29) is 0 Å². The fourth-order valence-electron chi connectivity index (χ4n) is 1.24. The summed E-state index contributed by atoms with van der Waals surface area (Å²) in [4.78, 5) is 4.19. The van der Waals surface area contributed by atoms with Gasteiger partial charge in [-0.25, -0.2) is 4.39 Å². The Labute approximate surface area is 98.1 Å². The molecular weight excluding hydrogens is 231 g/mol. The van der Waals surface area contributed by atoms with Gasteiger partial charge in [0.15, 0.2) is 11.6 Å². The van der Waals surface area contributed by atoms with Gasteiger partial charge in [0.1, 0.15) is 0 Å². The molecule has 5 heteroatoms. The van der Waals surface area contributed by atoms with Crippen molar-refractivity contribution in [2.75, 3.05) is 0 Å². The molecule has 1 aromatic rings.